The molecule has 1 aromatic heterocycles. The van der Waals surface area contributed by atoms with Crippen LogP contribution in [-0.4, -0.2) is 29.1 Å². The molecule has 1 saturated heterocycles. The van der Waals surface area contributed by atoms with E-state index in [1.807, 2.05) is 20.8 Å². The SMILES string of the molecule is CC(C)(C)C1(OC(N)=O)CCN(c2cc(Cl)nc(Cl)c2)C1=O. The molecule has 1 atom stereocenters. The smallest absolute Gasteiger partial charge is 0.405 e. The number of carbonyl (C=O) groups excluding carboxylic acids is 2. The average Bonchev–Trinajstić information content (AvgIpc) is 2.65. The zero-order valence-corrected chi connectivity index (χ0v) is 14.0. The van der Waals surface area contributed by atoms with E-state index in [-0.39, 0.29) is 16.2 Å². The molecular weight excluding hydrogens is 329 g/mol. The van der Waals surface area contributed by atoms with Crippen molar-refractivity contribution in [3.05, 3.63) is 22.4 Å². The first-order valence-corrected chi connectivity index (χ1v) is 7.46. The number of rotatable bonds is 2. The van der Waals surface area contributed by atoms with Crippen molar-refractivity contribution in [2.75, 3.05) is 11.4 Å². The van der Waals surface area contributed by atoms with Crippen LogP contribution in [0.3, 0.4) is 0 Å². The summed E-state index contributed by atoms with van der Waals surface area (Å²) in [7, 11) is 0. The highest BCUT2D eigenvalue weighted by atomic mass is 35.5. The van der Waals surface area contributed by atoms with Gasteiger partial charge in [0.2, 0.25) is 0 Å². The van der Waals surface area contributed by atoms with E-state index in [4.69, 9.17) is 33.7 Å². The number of nitrogens with zero attached hydrogens (tertiary/aromatic N) is 2. The lowest BCUT2D eigenvalue weighted by Gasteiger charge is -2.38. The molecular formula is C14H17Cl2N3O3. The maximum absolute atomic E-state index is 12.9. The quantitative estimate of drug-likeness (QED) is 0.834. The number of primary amides is 1. The van der Waals surface area contributed by atoms with Crippen LogP contribution in [0.15, 0.2) is 12.1 Å². The lowest BCUT2D eigenvalue weighted by Crippen LogP contribution is -2.54. The van der Waals surface area contributed by atoms with Crippen molar-refractivity contribution in [1.29, 1.82) is 0 Å². The maximum atomic E-state index is 12.9. The van der Waals surface area contributed by atoms with Crippen molar-refractivity contribution in [1.82, 2.24) is 4.98 Å². The predicted molar refractivity (Wildman–Crippen MR) is 84.1 cm³/mol. The molecule has 2 N–H and O–H groups in total. The van der Waals surface area contributed by atoms with Gasteiger partial charge in [-0.1, -0.05) is 44.0 Å². The number of halogens is 2. The summed E-state index contributed by atoms with van der Waals surface area (Å²) in [5.41, 5.74) is 3.74. The van der Waals surface area contributed by atoms with Gasteiger partial charge in [0, 0.05) is 24.1 Å². The molecule has 0 aliphatic carbocycles. The predicted octanol–water partition coefficient (Wildman–Crippen LogP) is 3.01. The van der Waals surface area contributed by atoms with Gasteiger partial charge in [-0.15, -0.1) is 0 Å². The fraction of sp³-hybridized carbons (Fsp3) is 0.500. The van der Waals surface area contributed by atoms with Crippen molar-refractivity contribution in [3.63, 3.8) is 0 Å². The monoisotopic (exact) mass is 345 g/mol. The first-order chi connectivity index (χ1) is 10.1. The number of anilines is 1. The Morgan fingerprint density at radius 2 is 1.91 bits per heavy atom. The van der Waals surface area contributed by atoms with Crippen molar-refractivity contribution in [3.8, 4) is 0 Å². The van der Waals surface area contributed by atoms with E-state index in [0.717, 1.165) is 0 Å². The number of ether oxygens (including phenoxy) is 1. The summed E-state index contributed by atoms with van der Waals surface area (Å²) < 4.78 is 5.25. The molecule has 6 nitrogen and oxygen atoms in total. The van der Waals surface area contributed by atoms with Crippen molar-refractivity contribution >= 4 is 40.9 Å². The van der Waals surface area contributed by atoms with Gasteiger partial charge in [-0.3, -0.25) is 4.79 Å². The number of aromatic nitrogens is 1. The molecule has 0 saturated carbocycles. The fourth-order valence-electron chi connectivity index (χ4n) is 2.67. The zero-order valence-electron chi connectivity index (χ0n) is 12.5. The molecule has 8 heteroatoms. The van der Waals surface area contributed by atoms with E-state index in [9.17, 15) is 9.59 Å². The van der Waals surface area contributed by atoms with Crippen LogP contribution >= 0.6 is 23.2 Å². The second kappa shape index (κ2) is 5.59. The van der Waals surface area contributed by atoms with Crippen LogP contribution in [0.5, 0.6) is 0 Å². The van der Waals surface area contributed by atoms with Crippen LogP contribution in [0, 0.1) is 5.41 Å². The minimum Gasteiger partial charge on any atom is -0.432 e. The minimum absolute atomic E-state index is 0.180. The van der Waals surface area contributed by atoms with Crippen LogP contribution in [0.1, 0.15) is 27.2 Å². The van der Waals surface area contributed by atoms with Gasteiger partial charge in [-0.25, -0.2) is 9.78 Å². The standard InChI is InChI=1S/C14H17Cl2N3O3/c1-13(2,3)14(22-12(17)21)4-5-19(11(14)20)8-6-9(15)18-10(16)7-8/h6-7H,4-5H2,1-3H3,(H2,17,21). The van der Waals surface area contributed by atoms with Crippen LogP contribution < -0.4 is 10.6 Å². The van der Waals surface area contributed by atoms with Gasteiger partial charge in [0.05, 0.1) is 0 Å². The average molecular weight is 346 g/mol. The number of carbonyl (C=O) groups is 2. The molecule has 2 heterocycles. The Kier molecular flexibility index (Phi) is 4.28. The molecule has 1 aromatic rings. The number of hydrogen-bond donors (Lipinski definition) is 1. The van der Waals surface area contributed by atoms with Crippen LogP contribution in [0.4, 0.5) is 10.5 Å². The molecule has 0 radical (unpaired) electrons. The maximum Gasteiger partial charge on any atom is 0.405 e. The van der Waals surface area contributed by atoms with E-state index in [0.29, 0.717) is 18.7 Å². The van der Waals surface area contributed by atoms with Gasteiger partial charge in [0.25, 0.3) is 5.91 Å². The topological polar surface area (TPSA) is 85.5 Å². The Morgan fingerprint density at radius 1 is 1.36 bits per heavy atom. The highest BCUT2D eigenvalue weighted by Gasteiger charge is 2.57. The summed E-state index contributed by atoms with van der Waals surface area (Å²) in [6, 6.07) is 3.07. The second-order valence-corrected chi connectivity index (χ2v) is 6.95. The first-order valence-electron chi connectivity index (χ1n) is 6.70. The molecule has 1 aliphatic heterocycles. The van der Waals surface area contributed by atoms with Crippen molar-refractivity contribution < 1.29 is 14.3 Å². The summed E-state index contributed by atoms with van der Waals surface area (Å²) in [6.07, 6.45) is -0.647. The number of nitrogens with two attached hydrogens (primary N) is 1. The lowest BCUT2D eigenvalue weighted by atomic mass is 9.75. The highest BCUT2D eigenvalue weighted by molar-refractivity contribution is 6.33. The Morgan fingerprint density at radius 3 is 2.36 bits per heavy atom. The normalized spacial score (nSPS) is 22.0. The van der Waals surface area contributed by atoms with Gasteiger partial charge in [0.1, 0.15) is 10.3 Å². The van der Waals surface area contributed by atoms with E-state index in [1.54, 1.807) is 0 Å². The van der Waals surface area contributed by atoms with Gasteiger partial charge in [0.15, 0.2) is 5.60 Å². The summed E-state index contributed by atoms with van der Waals surface area (Å²) in [4.78, 5) is 29.5. The van der Waals surface area contributed by atoms with Gasteiger partial charge in [-0.2, -0.15) is 0 Å². The van der Waals surface area contributed by atoms with Crippen LogP contribution in [-0.2, 0) is 9.53 Å². The Bertz CT molecular complexity index is 610. The number of pyridine rings is 1. The third kappa shape index (κ3) is 2.85. The number of amides is 2. The minimum atomic E-state index is -1.32. The Labute approximate surface area is 138 Å². The first kappa shape index (κ1) is 16.8. The molecule has 1 unspecified atom stereocenters. The molecule has 22 heavy (non-hydrogen) atoms. The van der Waals surface area contributed by atoms with Crippen LogP contribution in [0.25, 0.3) is 0 Å². The molecule has 1 fully saturated rings. The summed E-state index contributed by atoms with van der Waals surface area (Å²) >= 11 is 11.8. The lowest BCUT2D eigenvalue weighted by molar-refractivity contribution is -0.144. The molecule has 120 valence electrons. The zero-order chi connectivity index (χ0) is 16.7. The van der Waals surface area contributed by atoms with Crippen molar-refractivity contribution in [2.45, 2.75) is 32.8 Å². The van der Waals surface area contributed by atoms with Gasteiger partial charge >= 0.3 is 6.09 Å². The van der Waals surface area contributed by atoms with E-state index >= 15 is 0 Å². The summed E-state index contributed by atoms with van der Waals surface area (Å²) in [6.45, 7) is 5.83. The highest BCUT2D eigenvalue weighted by Crippen LogP contribution is 2.44. The summed E-state index contributed by atoms with van der Waals surface area (Å²) in [5.74, 6) is -0.350. The molecule has 2 rings (SSSR count). The second-order valence-electron chi connectivity index (χ2n) is 6.18. The van der Waals surface area contributed by atoms with Crippen molar-refractivity contribution in [2.24, 2.45) is 11.1 Å². The Hall–Kier alpha value is -1.53. The molecule has 1 aliphatic rings. The fourth-order valence-corrected chi connectivity index (χ4v) is 3.11. The summed E-state index contributed by atoms with van der Waals surface area (Å²) in [5, 5.41) is 0.360. The molecule has 2 amide bonds. The van der Waals surface area contributed by atoms with Crippen LogP contribution in [0.2, 0.25) is 10.3 Å². The largest absolute Gasteiger partial charge is 0.432 e. The van der Waals surface area contributed by atoms with E-state index in [2.05, 4.69) is 4.98 Å². The van der Waals surface area contributed by atoms with E-state index in [1.165, 1.54) is 17.0 Å². The van der Waals surface area contributed by atoms with Gasteiger partial charge < -0.3 is 15.4 Å². The Balaban J connectivity index is 2.44. The number of hydrogen-bond acceptors (Lipinski definition) is 4. The van der Waals surface area contributed by atoms with Gasteiger partial charge in [-0.05, 0) is 12.1 Å². The molecule has 0 spiro atoms. The third-order valence-corrected chi connectivity index (χ3v) is 4.21. The molecule has 0 aromatic carbocycles. The molecule has 0 bridgehead atoms. The third-order valence-electron chi connectivity index (χ3n) is 3.82. The van der Waals surface area contributed by atoms with E-state index < -0.39 is 17.1 Å².